The van der Waals surface area contributed by atoms with Gasteiger partial charge in [-0.05, 0) is 13.3 Å². The molecule has 0 fully saturated rings. The molecule has 1 atom stereocenters. The predicted octanol–water partition coefficient (Wildman–Crippen LogP) is -0.0665. The van der Waals surface area contributed by atoms with Crippen molar-refractivity contribution in [1.29, 1.82) is 0 Å². The molecule has 5 nitrogen and oxygen atoms in total. The van der Waals surface area contributed by atoms with Crippen molar-refractivity contribution in [2.24, 2.45) is 0 Å². The lowest BCUT2D eigenvalue weighted by molar-refractivity contribution is 0.274. The first-order valence-electron chi connectivity index (χ1n) is 4.86. The van der Waals surface area contributed by atoms with E-state index < -0.39 is 10.2 Å². The number of hydrogen-bond donors (Lipinski definition) is 2. The van der Waals surface area contributed by atoms with Crippen molar-refractivity contribution in [1.82, 2.24) is 9.03 Å². The Morgan fingerprint density at radius 1 is 1.36 bits per heavy atom. The molecule has 0 aliphatic heterocycles. The smallest absolute Gasteiger partial charge is 0.279 e. The zero-order valence-electron chi connectivity index (χ0n) is 9.02. The van der Waals surface area contributed by atoms with Crippen molar-refractivity contribution < 1.29 is 13.5 Å². The highest BCUT2D eigenvalue weighted by Crippen LogP contribution is 2.00. The van der Waals surface area contributed by atoms with E-state index in [4.69, 9.17) is 5.11 Å². The fourth-order valence-corrected chi connectivity index (χ4v) is 2.60. The average Bonchev–Trinajstić information content (AvgIpc) is 2.04. The van der Waals surface area contributed by atoms with Crippen LogP contribution in [-0.4, -0.2) is 43.6 Å². The summed E-state index contributed by atoms with van der Waals surface area (Å²) in [4.78, 5) is 0. The number of nitrogens with one attached hydrogen (secondary N) is 1. The molecule has 14 heavy (non-hydrogen) atoms. The Morgan fingerprint density at radius 2 is 1.86 bits per heavy atom. The van der Waals surface area contributed by atoms with Gasteiger partial charge >= 0.3 is 0 Å². The fourth-order valence-electron chi connectivity index (χ4n) is 1.14. The summed E-state index contributed by atoms with van der Waals surface area (Å²) in [6.07, 6.45) is 0.431. The quantitative estimate of drug-likeness (QED) is 0.636. The molecule has 0 spiro atoms. The Bertz CT molecular complexity index is 237. The van der Waals surface area contributed by atoms with Crippen LogP contribution in [0.3, 0.4) is 0 Å². The summed E-state index contributed by atoms with van der Waals surface area (Å²) in [6, 6.07) is -0.231. The highest BCUT2D eigenvalue weighted by atomic mass is 32.2. The van der Waals surface area contributed by atoms with Crippen LogP contribution in [0, 0.1) is 0 Å². The number of aliphatic hydroxyl groups excluding tert-OH is 1. The second-order valence-electron chi connectivity index (χ2n) is 3.12. The molecule has 0 rings (SSSR count). The van der Waals surface area contributed by atoms with Gasteiger partial charge in [0.05, 0.1) is 0 Å². The SMILES string of the molecule is CCN(CC)S(=O)(=O)NC(C)CCO. The molecule has 0 aliphatic carbocycles. The highest BCUT2D eigenvalue weighted by Gasteiger charge is 2.20. The van der Waals surface area contributed by atoms with Crippen LogP contribution in [0.15, 0.2) is 0 Å². The van der Waals surface area contributed by atoms with E-state index in [0.29, 0.717) is 19.5 Å². The topological polar surface area (TPSA) is 69.6 Å². The number of aliphatic hydroxyl groups is 1. The molecule has 0 aromatic heterocycles. The minimum atomic E-state index is -3.37. The lowest BCUT2D eigenvalue weighted by Crippen LogP contribution is -2.44. The molecule has 0 bridgehead atoms. The molecule has 0 aromatic carbocycles. The van der Waals surface area contributed by atoms with Crippen molar-refractivity contribution in [3.8, 4) is 0 Å². The van der Waals surface area contributed by atoms with E-state index in [1.807, 2.05) is 0 Å². The molecule has 0 heterocycles. The van der Waals surface area contributed by atoms with Crippen LogP contribution in [0.2, 0.25) is 0 Å². The Hall–Kier alpha value is -0.170. The standard InChI is InChI=1S/C8H20N2O3S/c1-4-10(5-2)14(12,13)9-8(3)6-7-11/h8-9,11H,4-7H2,1-3H3. The molecular weight excluding hydrogens is 204 g/mol. The van der Waals surface area contributed by atoms with Gasteiger partial charge in [-0.15, -0.1) is 0 Å². The fraction of sp³-hybridized carbons (Fsp3) is 1.00. The maximum absolute atomic E-state index is 11.6. The van der Waals surface area contributed by atoms with Crippen LogP contribution >= 0.6 is 0 Å². The monoisotopic (exact) mass is 224 g/mol. The second kappa shape index (κ2) is 6.34. The number of hydrogen-bond acceptors (Lipinski definition) is 3. The minimum absolute atomic E-state index is 0.0120. The van der Waals surface area contributed by atoms with Gasteiger partial charge < -0.3 is 5.11 Å². The van der Waals surface area contributed by atoms with Crippen LogP contribution in [0.25, 0.3) is 0 Å². The molecule has 2 N–H and O–H groups in total. The Labute approximate surface area is 86.3 Å². The van der Waals surface area contributed by atoms with Crippen LogP contribution in [0.4, 0.5) is 0 Å². The van der Waals surface area contributed by atoms with Crippen molar-refractivity contribution in [2.45, 2.75) is 33.2 Å². The summed E-state index contributed by atoms with van der Waals surface area (Å²) in [6.45, 7) is 6.22. The first-order chi connectivity index (χ1) is 6.47. The van der Waals surface area contributed by atoms with E-state index in [0.717, 1.165) is 0 Å². The van der Waals surface area contributed by atoms with Gasteiger partial charge in [-0.1, -0.05) is 13.8 Å². The normalized spacial score (nSPS) is 14.6. The minimum Gasteiger partial charge on any atom is -0.396 e. The summed E-state index contributed by atoms with van der Waals surface area (Å²) in [5, 5.41) is 8.64. The van der Waals surface area contributed by atoms with Crippen LogP contribution < -0.4 is 4.72 Å². The van der Waals surface area contributed by atoms with E-state index in [-0.39, 0.29) is 12.6 Å². The van der Waals surface area contributed by atoms with Crippen LogP contribution in [0.1, 0.15) is 27.2 Å². The molecule has 0 radical (unpaired) electrons. The molecular formula is C8H20N2O3S. The van der Waals surface area contributed by atoms with Gasteiger partial charge in [0, 0.05) is 25.7 Å². The van der Waals surface area contributed by atoms with E-state index in [9.17, 15) is 8.42 Å². The summed E-state index contributed by atoms with van der Waals surface area (Å²) >= 11 is 0. The first-order valence-corrected chi connectivity index (χ1v) is 6.30. The van der Waals surface area contributed by atoms with E-state index in [1.54, 1.807) is 20.8 Å². The predicted molar refractivity (Wildman–Crippen MR) is 56.1 cm³/mol. The van der Waals surface area contributed by atoms with E-state index in [1.165, 1.54) is 4.31 Å². The van der Waals surface area contributed by atoms with Gasteiger partial charge in [-0.25, -0.2) is 0 Å². The van der Waals surface area contributed by atoms with E-state index >= 15 is 0 Å². The maximum Gasteiger partial charge on any atom is 0.279 e. The summed E-state index contributed by atoms with van der Waals surface area (Å²) < 4.78 is 27.1. The third kappa shape index (κ3) is 4.36. The summed E-state index contributed by atoms with van der Waals surface area (Å²) in [5.41, 5.74) is 0. The van der Waals surface area contributed by atoms with Crippen molar-refractivity contribution >= 4 is 10.2 Å². The van der Waals surface area contributed by atoms with Gasteiger partial charge in [0.15, 0.2) is 0 Å². The molecule has 86 valence electrons. The van der Waals surface area contributed by atoms with Gasteiger partial charge in [0.2, 0.25) is 0 Å². The average molecular weight is 224 g/mol. The molecule has 0 aromatic rings. The molecule has 1 unspecified atom stereocenters. The lowest BCUT2D eigenvalue weighted by atomic mass is 10.3. The summed E-state index contributed by atoms with van der Waals surface area (Å²) in [7, 11) is -3.37. The van der Waals surface area contributed by atoms with Crippen LogP contribution in [0.5, 0.6) is 0 Å². The van der Waals surface area contributed by atoms with Gasteiger partial charge in [-0.3, -0.25) is 0 Å². The highest BCUT2D eigenvalue weighted by molar-refractivity contribution is 7.87. The largest absolute Gasteiger partial charge is 0.396 e. The number of nitrogens with zero attached hydrogens (tertiary/aromatic N) is 1. The molecule has 0 saturated heterocycles. The van der Waals surface area contributed by atoms with Gasteiger partial charge in [-0.2, -0.15) is 17.4 Å². The summed E-state index contributed by atoms with van der Waals surface area (Å²) in [5.74, 6) is 0. The van der Waals surface area contributed by atoms with E-state index in [2.05, 4.69) is 4.72 Å². The molecule has 0 aliphatic rings. The van der Waals surface area contributed by atoms with Crippen LogP contribution in [-0.2, 0) is 10.2 Å². The molecule has 6 heteroatoms. The Balaban J connectivity index is 4.32. The second-order valence-corrected chi connectivity index (χ2v) is 4.82. The Morgan fingerprint density at radius 3 is 2.21 bits per heavy atom. The van der Waals surface area contributed by atoms with Crippen molar-refractivity contribution in [3.63, 3.8) is 0 Å². The lowest BCUT2D eigenvalue weighted by Gasteiger charge is -2.21. The van der Waals surface area contributed by atoms with Crippen molar-refractivity contribution in [3.05, 3.63) is 0 Å². The van der Waals surface area contributed by atoms with Gasteiger partial charge in [0.1, 0.15) is 0 Å². The molecule has 0 amide bonds. The first kappa shape index (κ1) is 13.8. The third-order valence-corrected chi connectivity index (χ3v) is 3.85. The zero-order chi connectivity index (χ0) is 11.2. The van der Waals surface area contributed by atoms with Crippen molar-refractivity contribution in [2.75, 3.05) is 19.7 Å². The Kier molecular flexibility index (Phi) is 6.26. The maximum atomic E-state index is 11.6. The molecule has 0 saturated carbocycles. The third-order valence-electron chi connectivity index (χ3n) is 1.96. The zero-order valence-corrected chi connectivity index (χ0v) is 9.84. The number of rotatable bonds is 7. The van der Waals surface area contributed by atoms with Gasteiger partial charge in [0.25, 0.3) is 10.2 Å².